The molecule has 1 heterocycles. The normalized spacial score (nSPS) is 14.4. The Morgan fingerprint density at radius 2 is 1.96 bits per heavy atom. The highest BCUT2D eigenvalue weighted by molar-refractivity contribution is 9.10. The van der Waals surface area contributed by atoms with Crippen LogP contribution in [0.1, 0.15) is 11.1 Å². The van der Waals surface area contributed by atoms with Crippen LogP contribution in [0.15, 0.2) is 46.9 Å². The summed E-state index contributed by atoms with van der Waals surface area (Å²) in [5, 5.41) is 2.98. The maximum Gasteiger partial charge on any atom is 0.238 e. The first-order valence-corrected chi connectivity index (χ1v) is 9.97. The molecule has 0 saturated carbocycles. The molecular weight excluding hydrogens is 406 g/mol. The van der Waals surface area contributed by atoms with Crippen molar-refractivity contribution in [3.63, 3.8) is 0 Å². The number of hydrogen-bond acceptors (Lipinski definition) is 4. The summed E-state index contributed by atoms with van der Waals surface area (Å²) in [6, 6.07) is 14.3. The zero-order chi connectivity index (χ0) is 19.2. The molecule has 0 spiro atoms. The Labute approximate surface area is 169 Å². The van der Waals surface area contributed by atoms with E-state index in [1.54, 1.807) is 0 Å². The molecular formula is C21H26BrN3O2. The molecule has 0 atom stereocenters. The molecule has 144 valence electrons. The van der Waals surface area contributed by atoms with Gasteiger partial charge in [0.15, 0.2) is 0 Å². The predicted octanol–water partition coefficient (Wildman–Crippen LogP) is 3.66. The molecule has 0 aliphatic carbocycles. The topological polar surface area (TPSA) is 44.8 Å². The van der Waals surface area contributed by atoms with E-state index in [9.17, 15) is 4.79 Å². The lowest BCUT2D eigenvalue weighted by Crippen LogP contribution is -2.37. The number of para-hydroxylation sites is 1. The highest BCUT2D eigenvalue weighted by Gasteiger charge is 2.16. The number of anilines is 2. The number of carbonyl (C=O) groups is 1. The first kappa shape index (κ1) is 19.9. The molecule has 3 rings (SSSR count). The molecule has 0 radical (unpaired) electrons. The number of aryl methyl sites for hydroxylation is 1. The van der Waals surface area contributed by atoms with E-state index in [4.69, 9.17) is 4.74 Å². The van der Waals surface area contributed by atoms with Crippen LogP contribution in [0.4, 0.5) is 11.4 Å². The summed E-state index contributed by atoms with van der Waals surface area (Å²) in [7, 11) is 1.97. The fourth-order valence-electron chi connectivity index (χ4n) is 3.26. The number of hydrogen-bond donors (Lipinski definition) is 1. The van der Waals surface area contributed by atoms with Crippen LogP contribution in [-0.2, 0) is 16.1 Å². The van der Waals surface area contributed by atoms with Gasteiger partial charge in [-0.2, -0.15) is 0 Å². The molecule has 0 unspecified atom stereocenters. The SMILES string of the molecule is Cc1ccc(NC(=O)CN(C)Cc2ccccc2N2CCOCC2)c(Br)c1. The van der Waals surface area contributed by atoms with Crippen LogP contribution in [0.2, 0.25) is 0 Å². The van der Waals surface area contributed by atoms with Crippen LogP contribution < -0.4 is 10.2 Å². The lowest BCUT2D eigenvalue weighted by molar-refractivity contribution is -0.117. The van der Waals surface area contributed by atoms with Gasteiger partial charge in [-0.15, -0.1) is 0 Å². The van der Waals surface area contributed by atoms with Crippen LogP contribution in [-0.4, -0.2) is 50.7 Å². The quantitative estimate of drug-likeness (QED) is 0.757. The van der Waals surface area contributed by atoms with Crippen molar-refractivity contribution in [2.24, 2.45) is 0 Å². The van der Waals surface area contributed by atoms with Crippen molar-refractivity contribution in [1.82, 2.24) is 4.90 Å². The molecule has 5 nitrogen and oxygen atoms in total. The lowest BCUT2D eigenvalue weighted by Gasteiger charge is -2.31. The number of carbonyl (C=O) groups excluding carboxylic acids is 1. The number of amides is 1. The number of rotatable bonds is 6. The Morgan fingerprint density at radius 1 is 1.22 bits per heavy atom. The molecule has 2 aromatic carbocycles. The Kier molecular flexibility index (Phi) is 6.88. The number of benzene rings is 2. The summed E-state index contributed by atoms with van der Waals surface area (Å²) >= 11 is 3.51. The van der Waals surface area contributed by atoms with E-state index in [2.05, 4.69) is 50.4 Å². The van der Waals surface area contributed by atoms with E-state index < -0.39 is 0 Å². The van der Waals surface area contributed by atoms with Crippen LogP contribution >= 0.6 is 15.9 Å². The third-order valence-electron chi connectivity index (χ3n) is 4.60. The fourth-order valence-corrected chi connectivity index (χ4v) is 3.85. The van der Waals surface area contributed by atoms with Gasteiger partial charge in [0.1, 0.15) is 0 Å². The largest absolute Gasteiger partial charge is 0.378 e. The molecule has 2 aromatic rings. The Morgan fingerprint density at radius 3 is 2.70 bits per heavy atom. The van der Waals surface area contributed by atoms with E-state index >= 15 is 0 Å². The van der Waals surface area contributed by atoms with E-state index in [0.29, 0.717) is 6.54 Å². The second-order valence-electron chi connectivity index (χ2n) is 6.93. The van der Waals surface area contributed by atoms with Crippen molar-refractivity contribution in [3.05, 3.63) is 58.1 Å². The Bertz CT molecular complexity index is 791. The van der Waals surface area contributed by atoms with E-state index in [-0.39, 0.29) is 5.91 Å². The Balaban J connectivity index is 1.60. The molecule has 1 amide bonds. The first-order chi connectivity index (χ1) is 13.0. The average Bonchev–Trinajstić information content (AvgIpc) is 2.65. The van der Waals surface area contributed by atoms with Crippen molar-refractivity contribution in [2.45, 2.75) is 13.5 Å². The third kappa shape index (κ3) is 5.54. The van der Waals surface area contributed by atoms with Gasteiger partial charge in [-0.05, 0) is 59.2 Å². The zero-order valence-electron chi connectivity index (χ0n) is 15.9. The fraction of sp³-hybridized carbons (Fsp3) is 0.381. The van der Waals surface area contributed by atoms with Gasteiger partial charge < -0.3 is 15.0 Å². The van der Waals surface area contributed by atoms with Crippen molar-refractivity contribution < 1.29 is 9.53 Å². The summed E-state index contributed by atoms with van der Waals surface area (Å²) in [4.78, 5) is 16.8. The van der Waals surface area contributed by atoms with Crippen LogP contribution in [0.5, 0.6) is 0 Å². The van der Waals surface area contributed by atoms with Gasteiger partial charge in [0.2, 0.25) is 5.91 Å². The molecule has 0 bridgehead atoms. The average molecular weight is 432 g/mol. The monoisotopic (exact) mass is 431 g/mol. The molecule has 1 fully saturated rings. The van der Waals surface area contributed by atoms with E-state index in [1.165, 1.54) is 11.3 Å². The number of nitrogens with zero attached hydrogens (tertiary/aromatic N) is 2. The van der Waals surface area contributed by atoms with Crippen molar-refractivity contribution in [1.29, 1.82) is 0 Å². The molecule has 6 heteroatoms. The molecule has 1 saturated heterocycles. The molecule has 0 aromatic heterocycles. The van der Waals surface area contributed by atoms with Crippen LogP contribution in [0.25, 0.3) is 0 Å². The number of morpholine rings is 1. The highest BCUT2D eigenvalue weighted by atomic mass is 79.9. The summed E-state index contributed by atoms with van der Waals surface area (Å²) in [6.07, 6.45) is 0. The van der Waals surface area contributed by atoms with Gasteiger partial charge in [-0.25, -0.2) is 0 Å². The molecule has 1 aliphatic heterocycles. The van der Waals surface area contributed by atoms with E-state index in [1.807, 2.05) is 37.1 Å². The Hall–Kier alpha value is -1.89. The summed E-state index contributed by atoms with van der Waals surface area (Å²) < 4.78 is 6.36. The zero-order valence-corrected chi connectivity index (χ0v) is 17.5. The van der Waals surface area contributed by atoms with Gasteiger partial charge in [0.25, 0.3) is 0 Å². The van der Waals surface area contributed by atoms with Gasteiger partial charge in [0.05, 0.1) is 25.4 Å². The van der Waals surface area contributed by atoms with Gasteiger partial charge in [-0.3, -0.25) is 9.69 Å². The van der Waals surface area contributed by atoms with Crippen LogP contribution in [0, 0.1) is 6.92 Å². The molecule has 1 aliphatic rings. The second kappa shape index (κ2) is 9.35. The second-order valence-corrected chi connectivity index (χ2v) is 7.79. The molecule has 27 heavy (non-hydrogen) atoms. The maximum absolute atomic E-state index is 12.4. The minimum Gasteiger partial charge on any atom is -0.378 e. The number of halogens is 1. The lowest BCUT2D eigenvalue weighted by atomic mass is 10.1. The summed E-state index contributed by atoms with van der Waals surface area (Å²) in [5.41, 5.74) is 4.41. The van der Waals surface area contributed by atoms with Crippen molar-refractivity contribution >= 4 is 33.2 Å². The van der Waals surface area contributed by atoms with Gasteiger partial charge in [0, 0.05) is 29.8 Å². The van der Waals surface area contributed by atoms with Crippen molar-refractivity contribution in [2.75, 3.05) is 50.1 Å². The molecule has 1 N–H and O–H groups in total. The smallest absolute Gasteiger partial charge is 0.238 e. The third-order valence-corrected chi connectivity index (χ3v) is 5.25. The highest BCUT2D eigenvalue weighted by Crippen LogP contribution is 2.24. The summed E-state index contributed by atoms with van der Waals surface area (Å²) in [5.74, 6) is -0.0223. The number of nitrogens with one attached hydrogen (secondary N) is 1. The predicted molar refractivity (Wildman–Crippen MR) is 113 cm³/mol. The summed E-state index contributed by atoms with van der Waals surface area (Å²) in [6.45, 7) is 6.41. The van der Waals surface area contributed by atoms with E-state index in [0.717, 1.165) is 48.6 Å². The minimum absolute atomic E-state index is 0.0223. The number of likely N-dealkylation sites (N-methyl/N-ethyl adjacent to an activating group) is 1. The first-order valence-electron chi connectivity index (χ1n) is 9.18. The maximum atomic E-state index is 12.4. The van der Waals surface area contributed by atoms with Crippen molar-refractivity contribution in [3.8, 4) is 0 Å². The number of ether oxygens (including phenoxy) is 1. The van der Waals surface area contributed by atoms with Gasteiger partial charge >= 0.3 is 0 Å². The van der Waals surface area contributed by atoms with Crippen LogP contribution in [0.3, 0.4) is 0 Å². The van der Waals surface area contributed by atoms with Gasteiger partial charge in [-0.1, -0.05) is 24.3 Å². The minimum atomic E-state index is -0.0223. The standard InChI is InChI=1S/C21H26BrN3O2/c1-16-7-8-19(18(22)13-16)23-21(26)15-24(2)14-17-5-3-4-6-20(17)25-9-11-27-12-10-25/h3-8,13H,9-12,14-15H2,1-2H3,(H,23,26).